The zero-order valence-corrected chi connectivity index (χ0v) is 18.8. The number of benzene rings is 2. The minimum atomic E-state index is -0.111. The summed E-state index contributed by atoms with van der Waals surface area (Å²) in [6.07, 6.45) is 6.54. The van der Waals surface area contributed by atoms with Crippen molar-refractivity contribution >= 4 is 34.1 Å². The normalized spacial score (nSPS) is 14.0. The van der Waals surface area contributed by atoms with E-state index in [4.69, 9.17) is 17.3 Å². The number of carbonyl (C=O) groups excluding carboxylic acids is 1. The van der Waals surface area contributed by atoms with Crippen molar-refractivity contribution in [1.82, 2.24) is 15.2 Å². The Kier molecular flexibility index (Phi) is 7.26. The van der Waals surface area contributed by atoms with Crippen molar-refractivity contribution in [1.29, 1.82) is 0 Å². The molecule has 32 heavy (non-hydrogen) atoms. The average Bonchev–Trinajstić information content (AvgIpc) is 2.82. The van der Waals surface area contributed by atoms with E-state index in [0.29, 0.717) is 34.1 Å². The topological polar surface area (TPSA) is 71.2 Å². The van der Waals surface area contributed by atoms with E-state index in [1.165, 1.54) is 32.4 Å². The highest BCUT2D eigenvalue weighted by atomic mass is 35.5. The Morgan fingerprint density at radius 2 is 1.94 bits per heavy atom. The molecule has 4 rings (SSSR count). The molecule has 1 aromatic heterocycles. The first-order valence-corrected chi connectivity index (χ1v) is 11.4. The quantitative estimate of drug-likeness (QED) is 0.448. The van der Waals surface area contributed by atoms with Crippen LogP contribution in [-0.4, -0.2) is 42.0 Å². The van der Waals surface area contributed by atoms with Crippen LogP contribution in [0.1, 0.15) is 47.2 Å². The number of fused-ring (bicyclic) bond motifs is 1. The van der Waals surface area contributed by atoms with E-state index >= 15 is 0 Å². The highest BCUT2D eigenvalue weighted by Gasteiger charge is 2.12. The first-order chi connectivity index (χ1) is 15.6. The number of nitrogens with two attached hydrogens (primary N) is 1. The third-order valence-corrected chi connectivity index (χ3v) is 6.00. The summed E-state index contributed by atoms with van der Waals surface area (Å²) in [6, 6.07) is 12.9. The van der Waals surface area contributed by atoms with Crippen LogP contribution in [0.15, 0.2) is 48.7 Å². The van der Waals surface area contributed by atoms with Gasteiger partial charge >= 0.3 is 0 Å². The first kappa shape index (κ1) is 22.1. The zero-order valence-electron chi connectivity index (χ0n) is 18.0. The average molecular weight is 447 g/mol. The van der Waals surface area contributed by atoms with E-state index in [1.807, 2.05) is 36.4 Å². The summed E-state index contributed by atoms with van der Waals surface area (Å²) in [6.45, 7) is 4.01. The molecule has 1 aliphatic heterocycles. The van der Waals surface area contributed by atoms with Gasteiger partial charge in [0, 0.05) is 34.1 Å². The summed E-state index contributed by atoms with van der Waals surface area (Å²) < 4.78 is 0. The van der Waals surface area contributed by atoms with Gasteiger partial charge in [0.2, 0.25) is 0 Å². The molecule has 1 amide bonds. The van der Waals surface area contributed by atoms with Crippen molar-refractivity contribution in [2.24, 2.45) is 0 Å². The largest absolute Gasteiger partial charge is 0.383 e. The fourth-order valence-corrected chi connectivity index (χ4v) is 4.21. The molecule has 0 saturated carbocycles. The van der Waals surface area contributed by atoms with E-state index in [0.717, 1.165) is 23.7 Å². The predicted octanol–water partition coefficient (Wildman–Crippen LogP) is 4.48. The fourth-order valence-electron chi connectivity index (χ4n) is 4.03. The smallest absolute Gasteiger partial charge is 0.252 e. The molecule has 2 aromatic carbocycles. The molecule has 3 aromatic rings. The van der Waals surface area contributed by atoms with Crippen molar-refractivity contribution in [3.63, 3.8) is 0 Å². The molecular weight excluding hydrogens is 420 g/mol. The highest BCUT2D eigenvalue weighted by Crippen LogP contribution is 2.25. The number of hydrogen-bond acceptors (Lipinski definition) is 4. The van der Waals surface area contributed by atoms with E-state index in [-0.39, 0.29) is 5.91 Å². The van der Waals surface area contributed by atoms with Gasteiger partial charge in [0.15, 0.2) is 0 Å². The summed E-state index contributed by atoms with van der Waals surface area (Å²) in [4.78, 5) is 19.5. The lowest BCUT2D eigenvalue weighted by Crippen LogP contribution is -2.33. The molecule has 6 heteroatoms. The molecule has 3 N–H and O–H groups in total. The van der Waals surface area contributed by atoms with Gasteiger partial charge in [0.05, 0.1) is 11.1 Å². The minimum Gasteiger partial charge on any atom is -0.383 e. The fraction of sp³-hybridized carbons (Fsp3) is 0.308. The number of amides is 1. The summed E-state index contributed by atoms with van der Waals surface area (Å²) in [5, 5.41) is 5.40. The van der Waals surface area contributed by atoms with Gasteiger partial charge in [-0.2, -0.15) is 0 Å². The van der Waals surface area contributed by atoms with E-state index in [2.05, 4.69) is 27.0 Å². The van der Waals surface area contributed by atoms with Gasteiger partial charge in [-0.1, -0.05) is 48.1 Å². The van der Waals surface area contributed by atoms with Crippen molar-refractivity contribution in [3.8, 4) is 11.8 Å². The van der Waals surface area contributed by atoms with Crippen LogP contribution < -0.4 is 11.1 Å². The molecule has 0 unspecified atom stereocenters. The lowest BCUT2D eigenvalue weighted by molar-refractivity contribution is 0.0951. The summed E-state index contributed by atoms with van der Waals surface area (Å²) >= 11 is 6.17. The maximum atomic E-state index is 12.8. The number of pyridine rings is 1. The van der Waals surface area contributed by atoms with Crippen LogP contribution in [0.4, 0.5) is 5.82 Å². The van der Waals surface area contributed by atoms with Crippen LogP contribution in [0.2, 0.25) is 5.02 Å². The Bertz CT molecular complexity index is 1170. The second kappa shape index (κ2) is 10.5. The van der Waals surface area contributed by atoms with Crippen molar-refractivity contribution in [2.75, 3.05) is 31.9 Å². The van der Waals surface area contributed by atoms with E-state index in [1.54, 1.807) is 12.3 Å². The summed E-state index contributed by atoms with van der Waals surface area (Å²) in [5.41, 5.74) is 7.92. The second-order valence-corrected chi connectivity index (χ2v) is 8.49. The van der Waals surface area contributed by atoms with Crippen LogP contribution in [0, 0.1) is 11.8 Å². The lowest BCUT2D eigenvalue weighted by atomic mass is 10.0. The number of nitrogen functional groups attached to an aromatic ring is 1. The number of halogens is 1. The van der Waals surface area contributed by atoms with Crippen LogP contribution >= 0.6 is 11.6 Å². The Labute approximate surface area is 194 Å². The summed E-state index contributed by atoms with van der Waals surface area (Å²) in [7, 11) is 0. The number of rotatable bonds is 5. The summed E-state index contributed by atoms with van der Waals surface area (Å²) in [5.74, 6) is 6.47. The second-order valence-electron chi connectivity index (χ2n) is 8.06. The van der Waals surface area contributed by atoms with Crippen molar-refractivity contribution in [2.45, 2.75) is 25.7 Å². The third kappa shape index (κ3) is 5.40. The number of hydrogen-bond donors (Lipinski definition) is 2. The molecule has 0 spiro atoms. The molecule has 0 atom stereocenters. The number of carbonyl (C=O) groups is 1. The van der Waals surface area contributed by atoms with Crippen molar-refractivity contribution < 1.29 is 4.79 Å². The van der Waals surface area contributed by atoms with Crippen LogP contribution in [-0.2, 0) is 0 Å². The lowest BCUT2D eigenvalue weighted by Gasteiger charge is -2.26. The highest BCUT2D eigenvalue weighted by molar-refractivity contribution is 6.31. The van der Waals surface area contributed by atoms with Gasteiger partial charge in [0.1, 0.15) is 5.82 Å². The Balaban J connectivity index is 1.48. The van der Waals surface area contributed by atoms with Gasteiger partial charge in [-0.15, -0.1) is 0 Å². The molecule has 1 fully saturated rings. The van der Waals surface area contributed by atoms with Crippen molar-refractivity contribution in [3.05, 3.63) is 70.4 Å². The number of nitrogens with zero attached hydrogens (tertiary/aromatic N) is 2. The first-order valence-electron chi connectivity index (χ1n) is 11.1. The number of nitrogens with one attached hydrogen (secondary N) is 1. The molecule has 1 saturated heterocycles. The molecule has 164 valence electrons. The number of likely N-dealkylation sites (tertiary alicyclic amines) is 1. The van der Waals surface area contributed by atoms with Gasteiger partial charge in [-0.05, 0) is 63.2 Å². The maximum absolute atomic E-state index is 12.8. The Morgan fingerprint density at radius 1 is 1.12 bits per heavy atom. The number of anilines is 1. The van der Waals surface area contributed by atoms with E-state index < -0.39 is 0 Å². The van der Waals surface area contributed by atoms with Crippen LogP contribution in [0.5, 0.6) is 0 Å². The van der Waals surface area contributed by atoms with Crippen LogP contribution in [0.25, 0.3) is 10.8 Å². The maximum Gasteiger partial charge on any atom is 0.252 e. The van der Waals surface area contributed by atoms with E-state index in [9.17, 15) is 4.79 Å². The molecular formula is C26H27ClN4O. The number of aromatic nitrogens is 1. The molecule has 1 aliphatic rings. The molecule has 5 nitrogen and oxygen atoms in total. The minimum absolute atomic E-state index is 0.111. The van der Waals surface area contributed by atoms with Crippen LogP contribution in [0.3, 0.4) is 0 Å². The molecule has 2 heterocycles. The van der Waals surface area contributed by atoms with Gasteiger partial charge < -0.3 is 16.0 Å². The van der Waals surface area contributed by atoms with Gasteiger partial charge in [-0.25, -0.2) is 4.98 Å². The zero-order chi connectivity index (χ0) is 22.3. The Hall–Kier alpha value is -3.07. The monoisotopic (exact) mass is 446 g/mol. The molecule has 0 radical (unpaired) electrons. The molecule has 0 aliphatic carbocycles. The molecule has 0 bridgehead atoms. The standard InChI is InChI=1S/C26H27ClN4O/c27-21-11-9-20-18-30-25(28)23(24(20)17-21)12-10-19-7-2-3-8-22(19)26(32)29-13-6-16-31-14-4-1-5-15-31/h2-3,7-9,11,17-18H,1,4-6,13-16H2,(H2,28,30)(H,29,32). The van der Waals surface area contributed by atoms with Gasteiger partial charge in [-0.3, -0.25) is 4.79 Å². The number of piperidine rings is 1. The van der Waals surface area contributed by atoms with Gasteiger partial charge in [0.25, 0.3) is 5.91 Å². The third-order valence-electron chi connectivity index (χ3n) is 5.76. The SMILES string of the molecule is Nc1ncc2ccc(Cl)cc2c1C#Cc1ccccc1C(=O)NCCCN1CCCCC1. The predicted molar refractivity (Wildman–Crippen MR) is 131 cm³/mol. The Morgan fingerprint density at radius 3 is 2.78 bits per heavy atom.